The van der Waals surface area contributed by atoms with Crippen molar-refractivity contribution in [2.45, 2.75) is 6.92 Å². The number of rotatable bonds is 3. The summed E-state index contributed by atoms with van der Waals surface area (Å²) in [5.41, 5.74) is 8.47. The van der Waals surface area contributed by atoms with E-state index < -0.39 is 5.91 Å². The first-order chi connectivity index (χ1) is 11.0. The Labute approximate surface area is 137 Å². The topological polar surface area (TPSA) is 85.8 Å². The first-order valence-corrected chi connectivity index (χ1v) is 7.27. The van der Waals surface area contributed by atoms with Gasteiger partial charge in [0.1, 0.15) is 0 Å². The third kappa shape index (κ3) is 3.17. The minimum absolute atomic E-state index is 0.0708. The van der Waals surface area contributed by atoms with Crippen molar-refractivity contribution in [2.75, 3.05) is 11.1 Å². The number of nitrogen functional groups attached to an aromatic ring is 1. The van der Waals surface area contributed by atoms with Crippen LogP contribution in [0.2, 0.25) is 5.02 Å². The van der Waals surface area contributed by atoms with E-state index in [1.54, 1.807) is 30.3 Å². The molecule has 116 valence electrons. The van der Waals surface area contributed by atoms with Crippen LogP contribution in [-0.4, -0.2) is 20.9 Å². The van der Waals surface area contributed by atoms with Gasteiger partial charge in [-0.1, -0.05) is 28.9 Å². The highest BCUT2D eigenvalue weighted by Crippen LogP contribution is 2.19. The van der Waals surface area contributed by atoms with Crippen LogP contribution in [0.5, 0.6) is 0 Å². The molecule has 0 aliphatic heterocycles. The first-order valence-electron chi connectivity index (χ1n) is 6.90. The summed E-state index contributed by atoms with van der Waals surface area (Å²) in [5, 5.41) is 11.2. The van der Waals surface area contributed by atoms with Crippen molar-refractivity contribution in [3.8, 4) is 5.69 Å². The number of halogens is 1. The largest absolute Gasteiger partial charge is 0.382 e. The van der Waals surface area contributed by atoms with E-state index in [0.717, 1.165) is 5.56 Å². The third-order valence-corrected chi connectivity index (χ3v) is 3.52. The smallest absolute Gasteiger partial charge is 0.280 e. The molecule has 0 radical (unpaired) electrons. The summed E-state index contributed by atoms with van der Waals surface area (Å²) in [5.74, 6) is -0.245. The van der Waals surface area contributed by atoms with E-state index in [1.807, 2.05) is 25.1 Å². The van der Waals surface area contributed by atoms with Crippen molar-refractivity contribution in [2.24, 2.45) is 0 Å². The molecule has 1 aromatic heterocycles. The average molecular weight is 328 g/mol. The molecule has 0 saturated carbocycles. The minimum Gasteiger partial charge on any atom is -0.382 e. The van der Waals surface area contributed by atoms with E-state index in [-0.39, 0.29) is 11.5 Å². The van der Waals surface area contributed by atoms with Gasteiger partial charge in [-0.2, -0.15) is 4.68 Å². The number of nitrogens with zero attached hydrogens (tertiary/aromatic N) is 3. The van der Waals surface area contributed by atoms with Gasteiger partial charge in [-0.05, 0) is 48.9 Å². The summed E-state index contributed by atoms with van der Waals surface area (Å²) in [6.07, 6.45) is 0. The lowest BCUT2D eigenvalue weighted by Crippen LogP contribution is -2.15. The molecule has 3 N–H and O–H groups in total. The maximum absolute atomic E-state index is 12.3. The molecule has 0 aliphatic carbocycles. The molecule has 3 aromatic rings. The molecule has 0 fully saturated rings. The Kier molecular flexibility index (Phi) is 3.99. The Morgan fingerprint density at radius 1 is 1.22 bits per heavy atom. The molecule has 0 bridgehead atoms. The lowest BCUT2D eigenvalue weighted by Gasteiger charge is -2.05. The fraction of sp³-hybridized carbons (Fsp3) is 0.0625. The number of carbonyl (C=O) groups is 1. The lowest BCUT2D eigenvalue weighted by molar-refractivity contribution is 0.102. The fourth-order valence-electron chi connectivity index (χ4n) is 2.14. The van der Waals surface area contributed by atoms with Crippen LogP contribution in [0.4, 0.5) is 11.5 Å². The zero-order valence-corrected chi connectivity index (χ0v) is 13.1. The summed E-state index contributed by atoms with van der Waals surface area (Å²) in [7, 11) is 0. The fourth-order valence-corrected chi connectivity index (χ4v) is 2.26. The molecule has 0 saturated heterocycles. The molecular formula is C16H14ClN5O. The van der Waals surface area contributed by atoms with Gasteiger partial charge >= 0.3 is 0 Å². The van der Waals surface area contributed by atoms with Gasteiger partial charge in [0.05, 0.1) is 5.69 Å². The van der Waals surface area contributed by atoms with Gasteiger partial charge in [0.2, 0.25) is 0 Å². The maximum Gasteiger partial charge on any atom is 0.280 e. The van der Waals surface area contributed by atoms with Crippen molar-refractivity contribution in [1.29, 1.82) is 0 Å². The predicted molar refractivity (Wildman–Crippen MR) is 89.9 cm³/mol. The second-order valence-corrected chi connectivity index (χ2v) is 5.47. The normalized spacial score (nSPS) is 10.5. The summed E-state index contributed by atoms with van der Waals surface area (Å²) < 4.78 is 1.39. The van der Waals surface area contributed by atoms with Crippen LogP contribution in [-0.2, 0) is 0 Å². The predicted octanol–water partition coefficient (Wildman–Crippen LogP) is 3.06. The van der Waals surface area contributed by atoms with E-state index in [4.69, 9.17) is 17.3 Å². The number of hydrogen-bond donors (Lipinski definition) is 2. The standard InChI is InChI=1S/C16H14ClN5O/c1-10-3-2-4-12(9-10)19-16(23)14-15(18)22(21-20-14)13-7-5-11(17)6-8-13/h2-9H,18H2,1H3,(H,19,23). The molecule has 0 atom stereocenters. The molecule has 0 spiro atoms. The van der Waals surface area contributed by atoms with Gasteiger partial charge in [-0.3, -0.25) is 4.79 Å². The molecule has 3 rings (SSSR count). The van der Waals surface area contributed by atoms with Gasteiger partial charge in [-0.25, -0.2) is 0 Å². The molecule has 1 heterocycles. The number of nitrogens with two attached hydrogens (primary N) is 1. The molecule has 1 amide bonds. The molecule has 7 heteroatoms. The van der Waals surface area contributed by atoms with Gasteiger partial charge in [0, 0.05) is 10.7 Å². The number of hydrogen-bond acceptors (Lipinski definition) is 4. The zero-order chi connectivity index (χ0) is 16.4. The van der Waals surface area contributed by atoms with Crippen molar-refractivity contribution >= 4 is 29.0 Å². The number of aryl methyl sites for hydroxylation is 1. The SMILES string of the molecule is Cc1cccc(NC(=O)c2nnn(-c3ccc(Cl)cc3)c2N)c1. The summed E-state index contributed by atoms with van der Waals surface area (Å²) in [6, 6.07) is 14.4. The second kappa shape index (κ2) is 6.10. The average Bonchev–Trinajstić information content (AvgIpc) is 2.90. The van der Waals surface area contributed by atoms with E-state index in [2.05, 4.69) is 15.6 Å². The molecule has 0 aliphatic rings. The number of nitrogens with one attached hydrogen (secondary N) is 1. The van der Waals surface area contributed by atoms with Crippen molar-refractivity contribution < 1.29 is 4.79 Å². The molecule has 2 aromatic carbocycles. The van der Waals surface area contributed by atoms with E-state index >= 15 is 0 Å². The Morgan fingerprint density at radius 2 is 1.96 bits per heavy atom. The number of aromatic nitrogens is 3. The highest BCUT2D eigenvalue weighted by atomic mass is 35.5. The maximum atomic E-state index is 12.3. The minimum atomic E-state index is -0.409. The zero-order valence-electron chi connectivity index (χ0n) is 12.3. The number of anilines is 2. The monoisotopic (exact) mass is 327 g/mol. The second-order valence-electron chi connectivity index (χ2n) is 5.04. The Balaban J connectivity index is 1.86. The van der Waals surface area contributed by atoms with Gasteiger partial charge in [-0.15, -0.1) is 5.10 Å². The van der Waals surface area contributed by atoms with Crippen molar-refractivity contribution in [1.82, 2.24) is 15.0 Å². The lowest BCUT2D eigenvalue weighted by atomic mass is 10.2. The molecule has 23 heavy (non-hydrogen) atoms. The Morgan fingerprint density at radius 3 is 2.65 bits per heavy atom. The summed E-state index contributed by atoms with van der Waals surface area (Å²) in [6.45, 7) is 1.95. The molecule has 0 unspecified atom stereocenters. The van der Waals surface area contributed by atoms with Crippen LogP contribution >= 0.6 is 11.6 Å². The van der Waals surface area contributed by atoms with Crippen LogP contribution < -0.4 is 11.1 Å². The highest BCUT2D eigenvalue weighted by Gasteiger charge is 2.18. The van der Waals surface area contributed by atoms with Crippen molar-refractivity contribution in [3.63, 3.8) is 0 Å². The van der Waals surface area contributed by atoms with Crippen LogP contribution in [0.15, 0.2) is 48.5 Å². The van der Waals surface area contributed by atoms with Crippen LogP contribution in [0.1, 0.15) is 16.1 Å². The van der Waals surface area contributed by atoms with E-state index in [1.165, 1.54) is 4.68 Å². The van der Waals surface area contributed by atoms with Crippen LogP contribution in [0.25, 0.3) is 5.69 Å². The van der Waals surface area contributed by atoms with Crippen molar-refractivity contribution in [3.05, 3.63) is 64.8 Å². The van der Waals surface area contributed by atoms with E-state index in [0.29, 0.717) is 16.4 Å². The number of benzene rings is 2. The third-order valence-electron chi connectivity index (χ3n) is 3.27. The molecule has 6 nitrogen and oxygen atoms in total. The highest BCUT2D eigenvalue weighted by molar-refractivity contribution is 6.30. The summed E-state index contributed by atoms with van der Waals surface area (Å²) in [4.78, 5) is 12.3. The number of amides is 1. The molecular weight excluding hydrogens is 314 g/mol. The first kappa shape index (κ1) is 15.1. The van der Waals surface area contributed by atoms with E-state index in [9.17, 15) is 4.79 Å². The van der Waals surface area contributed by atoms with Crippen LogP contribution in [0.3, 0.4) is 0 Å². The van der Waals surface area contributed by atoms with Gasteiger partial charge < -0.3 is 11.1 Å². The Bertz CT molecular complexity index is 857. The quantitative estimate of drug-likeness (QED) is 0.774. The number of carbonyl (C=O) groups excluding carboxylic acids is 1. The summed E-state index contributed by atoms with van der Waals surface area (Å²) >= 11 is 5.86. The van der Waals surface area contributed by atoms with Gasteiger partial charge in [0.15, 0.2) is 11.5 Å². The van der Waals surface area contributed by atoms with Crippen LogP contribution in [0, 0.1) is 6.92 Å². The Hall–Kier alpha value is -2.86. The van der Waals surface area contributed by atoms with Gasteiger partial charge in [0.25, 0.3) is 5.91 Å².